The molecule has 2 aromatic rings. The highest BCUT2D eigenvalue weighted by molar-refractivity contribution is 7.09. The fraction of sp³-hybridized carbons (Fsp3) is 0.600. The Morgan fingerprint density at radius 3 is 2.76 bits per heavy atom. The quantitative estimate of drug-likeness (QED) is 0.796. The van der Waals surface area contributed by atoms with E-state index in [0.717, 1.165) is 43.1 Å². The average molecular weight is 407 g/mol. The lowest BCUT2D eigenvalue weighted by atomic mass is 10.1. The Bertz CT molecular complexity index is 671. The second kappa shape index (κ2) is 10.1. The first-order valence-electron chi connectivity index (χ1n) is 8.02. The number of aryl methyl sites for hydroxylation is 1. The van der Waals surface area contributed by atoms with Crippen LogP contribution in [0, 0.1) is 6.92 Å². The molecule has 1 amide bonds. The van der Waals surface area contributed by atoms with Gasteiger partial charge in [0.15, 0.2) is 5.69 Å². The van der Waals surface area contributed by atoms with Crippen molar-refractivity contribution >= 4 is 42.1 Å². The zero-order valence-electron chi connectivity index (χ0n) is 14.3. The van der Waals surface area contributed by atoms with Crippen LogP contribution in [0.15, 0.2) is 11.6 Å². The van der Waals surface area contributed by atoms with Crippen molar-refractivity contribution < 1.29 is 4.79 Å². The summed E-state index contributed by atoms with van der Waals surface area (Å²) in [6, 6.07) is 0.249. The summed E-state index contributed by atoms with van der Waals surface area (Å²) in [7, 11) is 0. The number of rotatable bonds is 5. The van der Waals surface area contributed by atoms with Gasteiger partial charge >= 0.3 is 0 Å². The van der Waals surface area contributed by atoms with Crippen LogP contribution in [0.1, 0.15) is 59.5 Å². The lowest BCUT2D eigenvalue weighted by Gasteiger charge is -2.22. The fourth-order valence-corrected chi connectivity index (χ4v) is 3.66. The van der Waals surface area contributed by atoms with Crippen LogP contribution in [-0.4, -0.2) is 39.0 Å². The van der Waals surface area contributed by atoms with E-state index in [-0.39, 0.29) is 36.8 Å². The van der Waals surface area contributed by atoms with E-state index in [1.54, 1.807) is 17.5 Å². The second-order valence-corrected chi connectivity index (χ2v) is 6.72. The molecule has 0 aliphatic carbocycles. The maximum atomic E-state index is 12.4. The van der Waals surface area contributed by atoms with Gasteiger partial charge in [-0.1, -0.05) is 12.1 Å². The molecule has 1 atom stereocenters. The van der Waals surface area contributed by atoms with Gasteiger partial charge in [0.2, 0.25) is 0 Å². The van der Waals surface area contributed by atoms with Crippen molar-refractivity contribution in [2.45, 2.75) is 45.2 Å². The molecule has 1 unspecified atom stereocenters. The summed E-state index contributed by atoms with van der Waals surface area (Å²) in [6.07, 6.45) is 4.58. The van der Waals surface area contributed by atoms with Gasteiger partial charge in [0.05, 0.1) is 18.3 Å². The third kappa shape index (κ3) is 5.37. The number of hydrogen-bond acceptors (Lipinski definition) is 6. The van der Waals surface area contributed by atoms with E-state index in [1.165, 1.54) is 0 Å². The van der Waals surface area contributed by atoms with Crippen LogP contribution in [0.5, 0.6) is 0 Å². The van der Waals surface area contributed by atoms with E-state index in [9.17, 15) is 4.79 Å². The van der Waals surface area contributed by atoms with Crippen molar-refractivity contribution in [2.24, 2.45) is 0 Å². The number of piperidine rings is 1. The highest BCUT2D eigenvalue weighted by Crippen LogP contribution is 2.21. The maximum Gasteiger partial charge on any atom is 0.274 e. The van der Waals surface area contributed by atoms with Gasteiger partial charge in [0, 0.05) is 11.1 Å². The van der Waals surface area contributed by atoms with E-state index in [2.05, 4.69) is 25.9 Å². The Morgan fingerprint density at radius 1 is 1.44 bits per heavy atom. The van der Waals surface area contributed by atoms with Gasteiger partial charge in [-0.05, 0) is 39.3 Å². The van der Waals surface area contributed by atoms with Crippen LogP contribution < -0.4 is 10.6 Å². The van der Waals surface area contributed by atoms with Crippen LogP contribution in [0.25, 0.3) is 0 Å². The summed E-state index contributed by atoms with van der Waals surface area (Å²) in [5, 5.41) is 17.4. The van der Waals surface area contributed by atoms with Crippen molar-refractivity contribution in [3.63, 3.8) is 0 Å². The highest BCUT2D eigenvalue weighted by Gasteiger charge is 2.21. The summed E-state index contributed by atoms with van der Waals surface area (Å²) in [4.78, 5) is 16.9. The molecule has 0 spiro atoms. The molecule has 2 aromatic heterocycles. The van der Waals surface area contributed by atoms with Gasteiger partial charge in [-0.3, -0.25) is 4.79 Å². The first-order chi connectivity index (χ1) is 11.2. The number of nitrogens with zero attached hydrogens (tertiary/aromatic N) is 4. The minimum Gasteiger partial charge on any atom is -0.341 e. The summed E-state index contributed by atoms with van der Waals surface area (Å²) < 4.78 is 1.82. The number of hydrogen-bond donors (Lipinski definition) is 2. The minimum absolute atomic E-state index is 0. The summed E-state index contributed by atoms with van der Waals surface area (Å²) in [5.41, 5.74) is 1.35. The predicted octanol–water partition coefficient (Wildman–Crippen LogP) is 2.69. The van der Waals surface area contributed by atoms with Crippen LogP contribution in [-0.2, 0) is 0 Å². The van der Waals surface area contributed by atoms with Crippen molar-refractivity contribution in [3.05, 3.63) is 28.0 Å². The van der Waals surface area contributed by atoms with E-state index >= 15 is 0 Å². The molecular weight excluding hydrogens is 383 g/mol. The van der Waals surface area contributed by atoms with Crippen LogP contribution in [0.2, 0.25) is 0 Å². The van der Waals surface area contributed by atoms with Crippen LogP contribution in [0.3, 0.4) is 0 Å². The molecule has 0 bridgehead atoms. The molecule has 0 aromatic carbocycles. The number of carbonyl (C=O) groups is 1. The van der Waals surface area contributed by atoms with Crippen molar-refractivity contribution in [1.82, 2.24) is 30.6 Å². The van der Waals surface area contributed by atoms with Gasteiger partial charge in [0.1, 0.15) is 5.01 Å². The third-order valence-electron chi connectivity index (χ3n) is 4.07. The van der Waals surface area contributed by atoms with Gasteiger partial charge in [0.25, 0.3) is 5.91 Å². The summed E-state index contributed by atoms with van der Waals surface area (Å²) >= 11 is 1.57. The van der Waals surface area contributed by atoms with Crippen molar-refractivity contribution in [1.29, 1.82) is 0 Å². The molecule has 0 radical (unpaired) electrons. The predicted molar refractivity (Wildman–Crippen MR) is 103 cm³/mol. The molecule has 10 heteroatoms. The average Bonchev–Trinajstić information content (AvgIpc) is 3.22. The SMILES string of the molecule is CCC(NC(=O)c1cn(C2CCNCC2)nn1)c1nc(C)cs1.Cl.Cl. The second-order valence-electron chi connectivity index (χ2n) is 5.83. The number of carbonyl (C=O) groups excluding carboxylic acids is 1. The Labute approximate surface area is 163 Å². The number of thiazole rings is 1. The van der Waals surface area contributed by atoms with Gasteiger partial charge in [-0.15, -0.1) is 41.2 Å². The Hall–Kier alpha value is -1.22. The standard InChI is InChI=1S/C15H22N6OS.2ClH/c1-3-12(15-17-10(2)9-23-15)18-14(22)13-8-21(20-19-13)11-4-6-16-7-5-11;;/h8-9,11-12,16H,3-7H2,1-2H3,(H,18,22);2*1H. The maximum absolute atomic E-state index is 12.4. The molecule has 25 heavy (non-hydrogen) atoms. The number of nitrogens with one attached hydrogen (secondary N) is 2. The molecule has 1 saturated heterocycles. The Kier molecular flexibility index (Phi) is 8.78. The molecule has 2 N–H and O–H groups in total. The van der Waals surface area contributed by atoms with Gasteiger partial charge in [-0.2, -0.15) is 0 Å². The molecular formula is C15H24Cl2N6OS. The normalized spacial score (nSPS) is 15.8. The van der Waals surface area contributed by atoms with E-state index in [0.29, 0.717) is 11.7 Å². The lowest BCUT2D eigenvalue weighted by molar-refractivity contribution is 0.0930. The number of amides is 1. The lowest BCUT2D eigenvalue weighted by Crippen LogP contribution is -2.30. The van der Waals surface area contributed by atoms with Crippen LogP contribution in [0.4, 0.5) is 0 Å². The number of halogens is 2. The molecule has 1 fully saturated rings. The van der Waals surface area contributed by atoms with Gasteiger partial charge < -0.3 is 10.6 Å². The highest BCUT2D eigenvalue weighted by atomic mass is 35.5. The molecule has 0 saturated carbocycles. The van der Waals surface area contributed by atoms with E-state index in [4.69, 9.17) is 0 Å². The summed E-state index contributed by atoms with van der Waals surface area (Å²) in [6.45, 7) is 5.95. The molecule has 3 heterocycles. The molecule has 7 nitrogen and oxygen atoms in total. The van der Waals surface area contributed by atoms with E-state index < -0.39 is 0 Å². The van der Waals surface area contributed by atoms with Gasteiger partial charge in [-0.25, -0.2) is 9.67 Å². The topological polar surface area (TPSA) is 84.7 Å². The molecule has 140 valence electrons. The zero-order valence-corrected chi connectivity index (χ0v) is 16.7. The van der Waals surface area contributed by atoms with Crippen LogP contribution >= 0.6 is 36.2 Å². The first kappa shape index (κ1) is 21.8. The monoisotopic (exact) mass is 406 g/mol. The zero-order chi connectivity index (χ0) is 16.2. The van der Waals surface area contributed by atoms with Crippen molar-refractivity contribution in [2.75, 3.05) is 13.1 Å². The molecule has 3 rings (SSSR count). The Balaban J connectivity index is 0.00000156. The Morgan fingerprint density at radius 2 is 2.16 bits per heavy atom. The number of aromatic nitrogens is 4. The smallest absolute Gasteiger partial charge is 0.274 e. The van der Waals surface area contributed by atoms with E-state index in [1.807, 2.05) is 23.9 Å². The minimum atomic E-state index is -0.190. The summed E-state index contributed by atoms with van der Waals surface area (Å²) in [5.74, 6) is -0.190. The first-order valence-corrected chi connectivity index (χ1v) is 8.90. The van der Waals surface area contributed by atoms with Crippen molar-refractivity contribution in [3.8, 4) is 0 Å². The largest absolute Gasteiger partial charge is 0.341 e. The fourth-order valence-electron chi connectivity index (χ4n) is 2.73. The molecule has 1 aliphatic rings. The third-order valence-corrected chi connectivity index (χ3v) is 5.15. The molecule has 1 aliphatic heterocycles.